The number of hydrogen-bond donors (Lipinski definition) is 2. The fourth-order valence-electron chi connectivity index (χ4n) is 1.82. The molecular formula is C13H13N3O. The zero-order valence-corrected chi connectivity index (χ0v) is 9.26. The second-order valence-corrected chi connectivity index (χ2v) is 4.07. The van der Waals surface area contributed by atoms with Gasteiger partial charge in [0.15, 0.2) is 0 Å². The van der Waals surface area contributed by atoms with Crippen molar-refractivity contribution in [1.82, 2.24) is 0 Å². The summed E-state index contributed by atoms with van der Waals surface area (Å²) in [6, 6.07) is 8.85. The van der Waals surface area contributed by atoms with E-state index in [2.05, 4.69) is 5.32 Å². The molecule has 0 aliphatic heterocycles. The molecule has 0 fully saturated rings. The fraction of sp³-hybridized carbons (Fsp3) is 0.231. The molecule has 4 nitrogen and oxygen atoms in total. The third-order valence-corrected chi connectivity index (χ3v) is 2.71. The quantitative estimate of drug-likeness (QED) is 0.749. The molecule has 0 radical (unpaired) electrons. The third-order valence-electron chi connectivity index (χ3n) is 2.71. The van der Waals surface area contributed by atoms with Crippen LogP contribution in [-0.2, 0) is 4.79 Å². The number of carbonyl (C=O) groups excluding carboxylic acids is 1. The van der Waals surface area contributed by atoms with Crippen molar-refractivity contribution in [3.05, 3.63) is 42.0 Å². The van der Waals surface area contributed by atoms with Crippen molar-refractivity contribution in [3.8, 4) is 6.07 Å². The van der Waals surface area contributed by atoms with Crippen LogP contribution in [0.2, 0.25) is 0 Å². The lowest BCUT2D eigenvalue weighted by Gasteiger charge is -2.10. The van der Waals surface area contributed by atoms with Crippen LogP contribution in [0.3, 0.4) is 0 Å². The van der Waals surface area contributed by atoms with Crippen LogP contribution in [0.4, 0.5) is 5.69 Å². The first kappa shape index (κ1) is 11.4. The molecule has 0 aromatic heterocycles. The Bertz CT molecular complexity index is 502. The molecule has 17 heavy (non-hydrogen) atoms. The van der Waals surface area contributed by atoms with Gasteiger partial charge in [-0.2, -0.15) is 5.26 Å². The zero-order valence-electron chi connectivity index (χ0n) is 9.26. The summed E-state index contributed by atoms with van der Waals surface area (Å²) in [6.07, 6.45) is 4.31. The molecular weight excluding hydrogens is 214 g/mol. The monoisotopic (exact) mass is 227 g/mol. The summed E-state index contributed by atoms with van der Waals surface area (Å²) in [5.74, 6) is -0.250. The molecule has 2 rings (SSSR count). The lowest BCUT2D eigenvalue weighted by atomic mass is 10.1. The first-order chi connectivity index (χ1) is 8.19. The maximum Gasteiger partial charge on any atom is 0.231 e. The Morgan fingerprint density at radius 3 is 2.94 bits per heavy atom. The Morgan fingerprint density at radius 1 is 1.47 bits per heavy atom. The summed E-state index contributed by atoms with van der Waals surface area (Å²) >= 11 is 0. The summed E-state index contributed by atoms with van der Waals surface area (Å²) in [5.41, 5.74) is 6.86. The molecule has 1 aliphatic carbocycles. The van der Waals surface area contributed by atoms with E-state index in [-0.39, 0.29) is 17.9 Å². The summed E-state index contributed by atoms with van der Waals surface area (Å²) in [7, 11) is 0. The Balaban J connectivity index is 2.03. The molecule has 0 bridgehead atoms. The van der Waals surface area contributed by atoms with E-state index in [1.165, 1.54) is 0 Å². The van der Waals surface area contributed by atoms with Gasteiger partial charge in [0, 0.05) is 11.7 Å². The van der Waals surface area contributed by atoms with E-state index in [1.54, 1.807) is 24.3 Å². The lowest BCUT2D eigenvalue weighted by molar-refractivity contribution is -0.118. The van der Waals surface area contributed by atoms with E-state index >= 15 is 0 Å². The molecule has 0 spiro atoms. The van der Waals surface area contributed by atoms with Gasteiger partial charge in [-0.05, 0) is 24.6 Å². The van der Waals surface area contributed by atoms with Crippen LogP contribution in [0.5, 0.6) is 0 Å². The van der Waals surface area contributed by atoms with Crippen LogP contribution in [0.15, 0.2) is 36.4 Å². The van der Waals surface area contributed by atoms with Crippen molar-refractivity contribution in [1.29, 1.82) is 5.26 Å². The summed E-state index contributed by atoms with van der Waals surface area (Å²) in [6.45, 7) is 0. The van der Waals surface area contributed by atoms with Crippen molar-refractivity contribution < 1.29 is 4.79 Å². The van der Waals surface area contributed by atoms with Crippen molar-refractivity contribution in [2.24, 2.45) is 11.7 Å². The van der Waals surface area contributed by atoms with Crippen molar-refractivity contribution in [3.63, 3.8) is 0 Å². The minimum absolute atomic E-state index is 0.0313. The molecule has 1 aliphatic rings. The zero-order chi connectivity index (χ0) is 12.3. The van der Waals surface area contributed by atoms with Crippen molar-refractivity contribution >= 4 is 11.6 Å². The SMILES string of the molecule is N#Cc1cccc(NC(=O)C2C=CC(N)C2)c1. The molecule has 1 amide bonds. The van der Waals surface area contributed by atoms with Gasteiger partial charge in [-0.25, -0.2) is 0 Å². The highest BCUT2D eigenvalue weighted by Gasteiger charge is 2.22. The maximum atomic E-state index is 11.9. The molecule has 3 N–H and O–H groups in total. The number of nitrogens with zero attached hydrogens (tertiary/aromatic N) is 1. The van der Waals surface area contributed by atoms with Crippen LogP contribution < -0.4 is 11.1 Å². The van der Waals surface area contributed by atoms with E-state index in [9.17, 15) is 4.79 Å². The standard InChI is InChI=1S/C13H13N3O/c14-8-9-2-1-3-12(6-9)16-13(17)10-4-5-11(15)7-10/h1-6,10-11H,7,15H2,(H,16,17). The van der Waals surface area contributed by atoms with Crippen LogP contribution in [0.1, 0.15) is 12.0 Å². The van der Waals surface area contributed by atoms with Gasteiger partial charge < -0.3 is 11.1 Å². The summed E-state index contributed by atoms with van der Waals surface area (Å²) < 4.78 is 0. The molecule has 1 aromatic carbocycles. The molecule has 0 saturated heterocycles. The Labute approximate surface area is 99.7 Å². The topological polar surface area (TPSA) is 78.9 Å². The maximum absolute atomic E-state index is 11.9. The summed E-state index contributed by atoms with van der Waals surface area (Å²) in [4.78, 5) is 11.9. The van der Waals surface area contributed by atoms with Gasteiger partial charge in [0.2, 0.25) is 5.91 Å². The van der Waals surface area contributed by atoms with Crippen LogP contribution in [0, 0.1) is 17.2 Å². The minimum Gasteiger partial charge on any atom is -0.326 e. The van der Waals surface area contributed by atoms with Gasteiger partial charge in [0.25, 0.3) is 0 Å². The summed E-state index contributed by atoms with van der Waals surface area (Å²) in [5, 5.41) is 11.5. The van der Waals surface area contributed by atoms with Crippen LogP contribution in [0.25, 0.3) is 0 Å². The number of carbonyl (C=O) groups is 1. The van der Waals surface area contributed by atoms with Gasteiger partial charge in [-0.15, -0.1) is 0 Å². The Kier molecular flexibility index (Phi) is 3.22. The first-order valence-electron chi connectivity index (χ1n) is 5.44. The number of amides is 1. The number of rotatable bonds is 2. The Hall–Kier alpha value is -2.12. The largest absolute Gasteiger partial charge is 0.326 e. The average Bonchev–Trinajstić information content (AvgIpc) is 2.76. The molecule has 2 unspecified atom stereocenters. The number of hydrogen-bond acceptors (Lipinski definition) is 3. The van der Waals surface area contributed by atoms with Gasteiger partial charge in [0.05, 0.1) is 17.6 Å². The van der Waals surface area contributed by atoms with Gasteiger partial charge in [-0.3, -0.25) is 4.79 Å². The highest BCUT2D eigenvalue weighted by molar-refractivity contribution is 5.94. The van der Waals surface area contributed by atoms with E-state index < -0.39 is 0 Å². The van der Waals surface area contributed by atoms with Crippen LogP contribution in [-0.4, -0.2) is 11.9 Å². The Morgan fingerprint density at radius 2 is 2.29 bits per heavy atom. The molecule has 0 heterocycles. The molecule has 86 valence electrons. The van der Waals surface area contributed by atoms with E-state index in [4.69, 9.17) is 11.0 Å². The van der Waals surface area contributed by atoms with Gasteiger partial charge >= 0.3 is 0 Å². The number of nitriles is 1. The number of benzene rings is 1. The number of nitrogens with two attached hydrogens (primary N) is 1. The number of anilines is 1. The highest BCUT2D eigenvalue weighted by atomic mass is 16.1. The van der Waals surface area contributed by atoms with E-state index in [0.717, 1.165) is 0 Å². The second-order valence-electron chi connectivity index (χ2n) is 4.07. The van der Waals surface area contributed by atoms with E-state index in [0.29, 0.717) is 17.7 Å². The molecule has 4 heteroatoms. The van der Waals surface area contributed by atoms with E-state index in [1.807, 2.05) is 18.2 Å². The highest BCUT2D eigenvalue weighted by Crippen LogP contribution is 2.19. The average molecular weight is 227 g/mol. The molecule has 2 atom stereocenters. The molecule has 1 aromatic rings. The molecule has 0 saturated carbocycles. The fourth-order valence-corrected chi connectivity index (χ4v) is 1.82. The normalized spacial score (nSPS) is 22.1. The van der Waals surface area contributed by atoms with Crippen molar-refractivity contribution in [2.45, 2.75) is 12.5 Å². The third kappa shape index (κ3) is 2.71. The second kappa shape index (κ2) is 4.81. The lowest BCUT2D eigenvalue weighted by Crippen LogP contribution is -2.23. The predicted octanol–water partition coefficient (Wildman–Crippen LogP) is 1.40. The predicted molar refractivity (Wildman–Crippen MR) is 65.0 cm³/mol. The van der Waals surface area contributed by atoms with Gasteiger partial charge in [0.1, 0.15) is 0 Å². The smallest absolute Gasteiger partial charge is 0.231 e. The van der Waals surface area contributed by atoms with Crippen LogP contribution >= 0.6 is 0 Å². The van der Waals surface area contributed by atoms with Gasteiger partial charge in [-0.1, -0.05) is 18.2 Å². The first-order valence-corrected chi connectivity index (χ1v) is 5.44. The number of nitrogens with one attached hydrogen (secondary N) is 1. The van der Waals surface area contributed by atoms with Crippen molar-refractivity contribution in [2.75, 3.05) is 5.32 Å². The minimum atomic E-state index is -0.171.